The number of carbonyl (C=O) groups is 2. The molecule has 0 spiro atoms. The molecule has 0 aromatic heterocycles. The molecular formula is C24H38N2O3. The SMILES string of the molecule is CC.CC.CC.CC.O=C1Cc2ccccc2N1.O=C1Cc2ccccc2N1O. The second-order valence-corrected chi connectivity index (χ2v) is 4.89. The molecule has 2 aliphatic heterocycles. The number of fused-ring (bicyclic) bond motifs is 2. The number of benzene rings is 2. The predicted molar refractivity (Wildman–Crippen MR) is 124 cm³/mol. The number of hydrogen-bond donors (Lipinski definition) is 2. The van der Waals surface area contributed by atoms with Crippen LogP contribution in [0.4, 0.5) is 11.4 Å². The summed E-state index contributed by atoms with van der Waals surface area (Å²) in [5.41, 5.74) is 3.57. The molecular weight excluding hydrogens is 364 g/mol. The van der Waals surface area contributed by atoms with Gasteiger partial charge in [0.1, 0.15) is 0 Å². The van der Waals surface area contributed by atoms with Crippen molar-refractivity contribution in [3.63, 3.8) is 0 Å². The molecule has 0 radical (unpaired) electrons. The summed E-state index contributed by atoms with van der Waals surface area (Å²) in [5.74, 6) is -0.160. The lowest BCUT2D eigenvalue weighted by Crippen LogP contribution is -2.21. The van der Waals surface area contributed by atoms with Crippen molar-refractivity contribution in [3.8, 4) is 0 Å². The van der Waals surface area contributed by atoms with Crippen LogP contribution in [0.5, 0.6) is 0 Å². The molecule has 0 fully saturated rings. The Hall–Kier alpha value is -2.66. The molecule has 0 saturated heterocycles. The number of amides is 2. The Kier molecular flexibility index (Phi) is 17.2. The van der Waals surface area contributed by atoms with Crippen molar-refractivity contribution < 1.29 is 14.8 Å². The summed E-state index contributed by atoms with van der Waals surface area (Å²) >= 11 is 0. The number of rotatable bonds is 0. The molecule has 29 heavy (non-hydrogen) atoms. The van der Waals surface area contributed by atoms with E-state index < -0.39 is 0 Å². The summed E-state index contributed by atoms with van der Waals surface area (Å²) in [7, 11) is 0. The molecule has 2 N–H and O–H groups in total. The van der Waals surface area contributed by atoms with E-state index in [4.69, 9.17) is 5.21 Å². The molecule has 2 aromatic rings. The van der Waals surface area contributed by atoms with Crippen LogP contribution in [-0.4, -0.2) is 17.0 Å². The monoisotopic (exact) mass is 402 g/mol. The molecule has 2 heterocycles. The quantitative estimate of drug-likeness (QED) is 0.512. The zero-order valence-corrected chi connectivity index (χ0v) is 19.2. The smallest absolute Gasteiger partial charge is 0.255 e. The van der Waals surface area contributed by atoms with Crippen molar-refractivity contribution in [1.29, 1.82) is 0 Å². The fraction of sp³-hybridized carbons (Fsp3) is 0.417. The molecule has 5 nitrogen and oxygen atoms in total. The van der Waals surface area contributed by atoms with Crippen LogP contribution in [-0.2, 0) is 22.4 Å². The van der Waals surface area contributed by atoms with Crippen molar-refractivity contribution >= 4 is 23.2 Å². The minimum atomic E-state index is -0.258. The van der Waals surface area contributed by atoms with Gasteiger partial charge in [-0.1, -0.05) is 91.8 Å². The Bertz CT molecular complexity index is 688. The maximum absolute atomic E-state index is 10.9. The molecule has 2 amide bonds. The highest BCUT2D eigenvalue weighted by molar-refractivity contribution is 5.99. The van der Waals surface area contributed by atoms with Gasteiger partial charge in [-0.2, -0.15) is 5.06 Å². The van der Waals surface area contributed by atoms with Crippen LogP contribution in [0.15, 0.2) is 48.5 Å². The van der Waals surface area contributed by atoms with Gasteiger partial charge in [0.2, 0.25) is 5.91 Å². The van der Waals surface area contributed by atoms with Crippen molar-refractivity contribution in [1.82, 2.24) is 0 Å². The largest absolute Gasteiger partial charge is 0.326 e. The minimum Gasteiger partial charge on any atom is -0.326 e. The number of nitrogens with zero attached hydrogens (tertiary/aromatic N) is 1. The highest BCUT2D eigenvalue weighted by Crippen LogP contribution is 2.26. The fourth-order valence-corrected chi connectivity index (χ4v) is 2.40. The summed E-state index contributed by atoms with van der Waals surface area (Å²) < 4.78 is 0. The van der Waals surface area contributed by atoms with Gasteiger partial charge >= 0.3 is 0 Å². The van der Waals surface area contributed by atoms with Gasteiger partial charge < -0.3 is 5.32 Å². The predicted octanol–water partition coefficient (Wildman–Crippen LogP) is 6.25. The standard InChI is InChI=1S/C8H7NO2.C8H7NO.4C2H6/c10-8-5-6-3-1-2-4-7(6)9(8)11;10-8-5-6-3-1-2-4-7(6)9-8;4*1-2/h1-4,11H,5H2;1-4H,5H2,(H,9,10);4*1-2H3. The van der Waals surface area contributed by atoms with Gasteiger partial charge in [-0.05, 0) is 23.3 Å². The average molecular weight is 403 g/mol. The van der Waals surface area contributed by atoms with Gasteiger partial charge in [0, 0.05) is 5.69 Å². The van der Waals surface area contributed by atoms with Gasteiger partial charge in [0.05, 0.1) is 18.5 Å². The van der Waals surface area contributed by atoms with E-state index in [2.05, 4.69) is 5.32 Å². The van der Waals surface area contributed by atoms with E-state index in [1.54, 1.807) is 12.1 Å². The van der Waals surface area contributed by atoms with E-state index in [1.807, 2.05) is 91.8 Å². The van der Waals surface area contributed by atoms with Gasteiger partial charge in [-0.3, -0.25) is 14.8 Å². The summed E-state index contributed by atoms with van der Waals surface area (Å²) in [4.78, 5) is 21.7. The third kappa shape index (κ3) is 8.92. The number of para-hydroxylation sites is 2. The lowest BCUT2D eigenvalue weighted by molar-refractivity contribution is -0.122. The minimum absolute atomic E-state index is 0.0983. The van der Waals surface area contributed by atoms with Crippen LogP contribution in [0.3, 0.4) is 0 Å². The molecule has 2 aliphatic rings. The number of nitrogens with one attached hydrogen (secondary N) is 1. The van der Waals surface area contributed by atoms with Gasteiger partial charge in [-0.15, -0.1) is 0 Å². The van der Waals surface area contributed by atoms with E-state index in [-0.39, 0.29) is 11.8 Å². The average Bonchev–Trinajstić information content (AvgIpc) is 3.32. The van der Waals surface area contributed by atoms with Crippen molar-refractivity contribution in [2.45, 2.75) is 68.2 Å². The molecule has 0 aliphatic carbocycles. The van der Waals surface area contributed by atoms with Crippen LogP contribution < -0.4 is 10.4 Å². The summed E-state index contributed by atoms with van der Waals surface area (Å²) in [6, 6.07) is 15.0. The normalized spacial score (nSPS) is 11.7. The highest BCUT2D eigenvalue weighted by atomic mass is 16.5. The van der Waals surface area contributed by atoms with Crippen LogP contribution in [0, 0.1) is 0 Å². The van der Waals surface area contributed by atoms with Crippen LogP contribution in [0.2, 0.25) is 0 Å². The maximum atomic E-state index is 10.9. The Balaban J connectivity index is 0. The van der Waals surface area contributed by atoms with Gasteiger partial charge in [-0.25, -0.2) is 0 Å². The van der Waals surface area contributed by atoms with E-state index >= 15 is 0 Å². The zero-order valence-electron chi connectivity index (χ0n) is 19.2. The number of anilines is 2. The third-order valence-corrected chi connectivity index (χ3v) is 3.44. The summed E-state index contributed by atoms with van der Waals surface area (Å²) in [6.07, 6.45) is 0.850. The van der Waals surface area contributed by atoms with Crippen LogP contribution in [0.1, 0.15) is 66.5 Å². The lowest BCUT2D eigenvalue weighted by atomic mass is 10.2. The van der Waals surface area contributed by atoms with E-state index in [1.165, 1.54) is 0 Å². The molecule has 0 unspecified atom stereocenters. The summed E-state index contributed by atoms with van der Waals surface area (Å²) in [6.45, 7) is 16.0. The Morgan fingerprint density at radius 3 is 1.72 bits per heavy atom. The van der Waals surface area contributed by atoms with Gasteiger partial charge in [0.25, 0.3) is 5.91 Å². The molecule has 0 bridgehead atoms. The fourth-order valence-electron chi connectivity index (χ4n) is 2.40. The molecule has 162 valence electrons. The Morgan fingerprint density at radius 1 is 0.724 bits per heavy atom. The molecule has 0 saturated carbocycles. The lowest BCUT2D eigenvalue weighted by Gasteiger charge is -2.05. The van der Waals surface area contributed by atoms with E-state index in [0.717, 1.165) is 16.8 Å². The molecule has 4 rings (SSSR count). The maximum Gasteiger partial charge on any atom is 0.255 e. The second kappa shape index (κ2) is 17.4. The topological polar surface area (TPSA) is 69.6 Å². The Morgan fingerprint density at radius 2 is 1.21 bits per heavy atom. The van der Waals surface area contributed by atoms with Crippen LogP contribution >= 0.6 is 0 Å². The van der Waals surface area contributed by atoms with E-state index in [9.17, 15) is 9.59 Å². The molecule has 0 atom stereocenters. The van der Waals surface area contributed by atoms with Crippen LogP contribution in [0.25, 0.3) is 0 Å². The number of carbonyl (C=O) groups excluding carboxylic acids is 2. The number of hydrogen-bond acceptors (Lipinski definition) is 3. The van der Waals surface area contributed by atoms with Crippen molar-refractivity contribution in [3.05, 3.63) is 59.7 Å². The second-order valence-electron chi connectivity index (χ2n) is 4.89. The first kappa shape index (κ1) is 28.5. The molecule has 5 heteroatoms. The highest BCUT2D eigenvalue weighted by Gasteiger charge is 2.24. The number of hydroxylamine groups is 1. The van der Waals surface area contributed by atoms with E-state index in [0.29, 0.717) is 23.6 Å². The Labute approximate surface area is 176 Å². The van der Waals surface area contributed by atoms with Gasteiger partial charge in [0.15, 0.2) is 0 Å². The first-order chi connectivity index (χ1) is 14.1. The zero-order chi connectivity index (χ0) is 22.8. The first-order valence-corrected chi connectivity index (χ1v) is 10.6. The summed E-state index contributed by atoms with van der Waals surface area (Å²) in [5, 5.41) is 12.6. The third-order valence-electron chi connectivity index (χ3n) is 3.44. The van der Waals surface area contributed by atoms with Crippen molar-refractivity contribution in [2.75, 3.05) is 10.4 Å². The first-order valence-electron chi connectivity index (χ1n) is 10.6. The van der Waals surface area contributed by atoms with Crippen molar-refractivity contribution in [2.24, 2.45) is 0 Å². The molecule has 2 aromatic carbocycles.